The fourth-order valence-electron chi connectivity index (χ4n) is 16.7. The summed E-state index contributed by atoms with van der Waals surface area (Å²) in [5, 5.41) is 10.5. The Morgan fingerprint density at radius 3 is 1.87 bits per heavy atom. The standard InChI is InChI=1S/C72H117ClF3N11O12/c1-14-44(7)60-64(92)77-46(9)65(93)86-34-31-54(86)68(96)85(15-2)57(38-48-25-23-43(6)24-26-48)67(95)81(10)41-58(88)78-53(30-28-47-27-29-51(52(73)37-47)72(74,75)76)66(94)87-40-50(99-16-3)39-56(87)63(91)80-71(32-19-20-33-71)70(98)84(13)61(49-21-17-18-22-49)69(97)82(11)45(8)36-59(89)83(12)55(35-42(4)5)62(90)79-60/h42-57,60-61H,14-41H2,1-13H3,(H,77,92)(H,78,88)(H,79,90)(H,80,91)/t43?,44-,45+,46-,47?,48?,50+,51?,52?,53-,54-,55-,56-,57-,60-,61-/m0/s1. The third-order valence-electron chi connectivity index (χ3n) is 23.3. The summed E-state index contributed by atoms with van der Waals surface area (Å²) >= 11 is 6.44. The van der Waals surface area contributed by atoms with Gasteiger partial charge in [-0.05, 0) is 140 Å². The Labute approximate surface area is 590 Å². The molecule has 0 aromatic rings. The van der Waals surface area contributed by atoms with Crippen molar-refractivity contribution >= 4 is 76.6 Å². The molecule has 7 aliphatic rings. The van der Waals surface area contributed by atoms with Crippen LogP contribution in [0.2, 0.25) is 0 Å². The number of halogens is 4. The van der Waals surface area contributed by atoms with Gasteiger partial charge in [0.1, 0.15) is 53.9 Å². The topological polar surface area (TPSA) is 268 Å². The van der Waals surface area contributed by atoms with E-state index in [9.17, 15) is 37.1 Å². The number of alkyl halides is 4. The first-order valence-corrected chi connectivity index (χ1v) is 37.6. The molecular formula is C72H117ClF3N11O12. The third kappa shape index (κ3) is 19.7. The predicted molar refractivity (Wildman–Crippen MR) is 368 cm³/mol. The highest BCUT2D eigenvalue weighted by Gasteiger charge is 2.53. The molecule has 0 radical (unpaired) electrons. The van der Waals surface area contributed by atoms with E-state index in [2.05, 4.69) is 28.2 Å². The van der Waals surface area contributed by atoms with Crippen molar-refractivity contribution in [2.24, 2.45) is 41.4 Å². The number of nitrogens with one attached hydrogen (secondary N) is 4. The van der Waals surface area contributed by atoms with Crippen molar-refractivity contribution in [1.82, 2.24) is 55.6 Å². The van der Waals surface area contributed by atoms with Crippen LogP contribution in [0.15, 0.2) is 0 Å². The van der Waals surface area contributed by atoms with Crippen LogP contribution in [0.3, 0.4) is 0 Å². The highest BCUT2D eigenvalue weighted by Crippen LogP contribution is 2.44. The molecule has 3 unspecified atom stereocenters. The van der Waals surface area contributed by atoms with Gasteiger partial charge >= 0.3 is 6.18 Å². The number of ether oxygens (including phenoxy) is 1. The van der Waals surface area contributed by atoms with Crippen LogP contribution in [0.5, 0.6) is 0 Å². The summed E-state index contributed by atoms with van der Waals surface area (Å²) in [5.41, 5.74) is -1.52. The summed E-state index contributed by atoms with van der Waals surface area (Å²) < 4.78 is 48.3. The summed E-state index contributed by atoms with van der Waals surface area (Å²) in [6.07, 6.45) is 3.63. The normalized spacial score (nSPS) is 33.2. The largest absolute Gasteiger partial charge is 0.393 e. The number of amides is 11. The molecule has 0 aromatic carbocycles. The van der Waals surface area contributed by atoms with Gasteiger partial charge in [0.2, 0.25) is 65.0 Å². The molecule has 27 heteroatoms. The molecule has 3 saturated heterocycles. The Morgan fingerprint density at radius 1 is 0.646 bits per heavy atom. The monoisotopic (exact) mass is 1420 g/mol. The molecule has 4 saturated carbocycles. The molecule has 0 aromatic heterocycles. The molecule has 3 heterocycles. The fourth-order valence-corrected chi connectivity index (χ4v) is 17.2. The first kappa shape index (κ1) is 80.5. The van der Waals surface area contributed by atoms with Gasteiger partial charge in [-0.25, -0.2) is 0 Å². The number of likely N-dealkylation sites (N-methyl/N-ethyl adjacent to an activating group) is 5. The maximum Gasteiger partial charge on any atom is 0.393 e. The molecule has 560 valence electrons. The molecule has 4 N–H and O–H groups in total. The van der Waals surface area contributed by atoms with Gasteiger partial charge in [0.05, 0.1) is 18.6 Å². The van der Waals surface area contributed by atoms with E-state index in [-0.39, 0.29) is 127 Å². The van der Waals surface area contributed by atoms with Crippen molar-refractivity contribution in [2.75, 3.05) is 61.0 Å². The SMILES string of the molecule is CCO[C@@H]1C[C@H]2C(=O)NC3(CCCC3)C(=O)N(C)[C@@H](C3CCCC3)C(=O)N(C)[C@H](C)CC(=O)N(C)[C@@H](CC(C)C)C(=O)N[C@@H]([C@@H](C)CC)C(=O)N[C@@H](C)C(=O)N3CC[C@H]3C(=O)N(CC)[C@@H](CC3CCC(C)CC3)C(=O)N(C)CC(=O)N[C@@H](CCC3CCC(C(F)(F)F)C(Cl)C3)C(=O)N2C1. The average molecular weight is 1420 g/mol. The fraction of sp³-hybridized carbons (Fsp3) is 0.847. The van der Waals surface area contributed by atoms with Crippen LogP contribution in [-0.2, 0) is 57.5 Å². The van der Waals surface area contributed by atoms with Crippen molar-refractivity contribution in [3.05, 3.63) is 0 Å². The van der Waals surface area contributed by atoms with Crippen LogP contribution in [0.1, 0.15) is 210 Å². The molecule has 1 spiro atoms. The van der Waals surface area contributed by atoms with Crippen LogP contribution in [0.4, 0.5) is 13.2 Å². The second kappa shape index (κ2) is 35.4. The van der Waals surface area contributed by atoms with Crippen LogP contribution >= 0.6 is 11.6 Å². The van der Waals surface area contributed by atoms with Gasteiger partial charge < -0.3 is 60.3 Å². The van der Waals surface area contributed by atoms with Crippen LogP contribution < -0.4 is 21.3 Å². The lowest BCUT2D eigenvalue weighted by Crippen LogP contribution is -2.65. The van der Waals surface area contributed by atoms with Crippen molar-refractivity contribution in [3.63, 3.8) is 0 Å². The molecule has 4 aliphatic carbocycles. The molecule has 3 aliphatic heterocycles. The Hall–Kier alpha value is -5.79. The molecule has 7 rings (SSSR count). The van der Waals surface area contributed by atoms with E-state index in [4.69, 9.17) is 16.3 Å². The van der Waals surface area contributed by atoms with E-state index in [1.807, 2.05) is 20.8 Å². The number of rotatable bonds is 13. The molecule has 23 nitrogen and oxygen atoms in total. The molecule has 0 bridgehead atoms. The summed E-state index contributed by atoms with van der Waals surface area (Å²) in [4.78, 5) is 174. The molecule has 14 atom stereocenters. The van der Waals surface area contributed by atoms with Gasteiger partial charge in [-0.3, -0.25) is 52.7 Å². The van der Waals surface area contributed by atoms with Gasteiger partial charge in [-0.15, -0.1) is 11.6 Å². The summed E-state index contributed by atoms with van der Waals surface area (Å²) in [6, 6.07) is -9.85. The molecule has 7 fully saturated rings. The van der Waals surface area contributed by atoms with Gasteiger partial charge in [0.25, 0.3) is 0 Å². The summed E-state index contributed by atoms with van der Waals surface area (Å²) in [6.45, 7) is 16.1. The Balaban J connectivity index is 1.27. The smallest absolute Gasteiger partial charge is 0.377 e. The van der Waals surface area contributed by atoms with Gasteiger partial charge in [-0.2, -0.15) is 13.2 Å². The van der Waals surface area contributed by atoms with E-state index in [0.29, 0.717) is 38.0 Å². The van der Waals surface area contributed by atoms with E-state index in [1.165, 1.54) is 55.3 Å². The predicted octanol–water partition coefficient (Wildman–Crippen LogP) is 6.94. The zero-order chi connectivity index (χ0) is 73.1. The number of nitrogens with zero attached hydrogens (tertiary/aromatic N) is 7. The minimum absolute atomic E-state index is 0.00170. The number of carbonyl (C=O) groups is 11. The van der Waals surface area contributed by atoms with Gasteiger partial charge in [-0.1, -0.05) is 92.4 Å². The first-order valence-electron chi connectivity index (χ1n) is 37.2. The maximum absolute atomic E-state index is 15.6. The van der Waals surface area contributed by atoms with E-state index >= 15 is 28.8 Å². The Morgan fingerprint density at radius 2 is 1.29 bits per heavy atom. The summed E-state index contributed by atoms with van der Waals surface area (Å²) in [7, 11) is 6.09. The maximum atomic E-state index is 15.6. The average Bonchev–Trinajstić information content (AvgIpc) is 1.29. The highest BCUT2D eigenvalue weighted by atomic mass is 35.5. The van der Waals surface area contributed by atoms with Crippen molar-refractivity contribution in [2.45, 2.75) is 288 Å². The van der Waals surface area contributed by atoms with Crippen LogP contribution in [0.25, 0.3) is 0 Å². The summed E-state index contributed by atoms with van der Waals surface area (Å²) in [5.74, 6) is -8.75. The first-order chi connectivity index (χ1) is 46.7. The van der Waals surface area contributed by atoms with Crippen LogP contribution in [0, 0.1) is 41.4 Å². The van der Waals surface area contributed by atoms with Gasteiger partial charge in [0, 0.05) is 78.7 Å². The third-order valence-corrected chi connectivity index (χ3v) is 23.8. The Bertz CT molecular complexity index is 2850. The number of hydrogen-bond donors (Lipinski definition) is 4. The van der Waals surface area contributed by atoms with Crippen molar-refractivity contribution < 1.29 is 70.6 Å². The van der Waals surface area contributed by atoms with E-state index in [1.54, 1.807) is 41.8 Å². The van der Waals surface area contributed by atoms with Crippen LogP contribution in [-0.4, -0.2) is 238 Å². The van der Waals surface area contributed by atoms with Gasteiger partial charge in [0.15, 0.2) is 0 Å². The second-order valence-corrected chi connectivity index (χ2v) is 31.4. The van der Waals surface area contributed by atoms with E-state index in [0.717, 1.165) is 38.5 Å². The quantitative estimate of drug-likeness (QED) is 0.137. The van der Waals surface area contributed by atoms with Crippen molar-refractivity contribution in [1.29, 1.82) is 0 Å². The Kier molecular flexibility index (Phi) is 28.8. The number of carbonyl (C=O) groups excluding carboxylic acids is 11. The van der Waals surface area contributed by atoms with E-state index < -0.39 is 161 Å². The molecule has 99 heavy (non-hydrogen) atoms. The second-order valence-electron chi connectivity index (χ2n) is 30.8. The minimum atomic E-state index is -4.51. The minimum Gasteiger partial charge on any atom is -0.377 e. The zero-order valence-corrected chi connectivity index (χ0v) is 62.0. The lowest BCUT2D eigenvalue weighted by atomic mass is 9.78. The number of fused-ring (bicyclic) bond motifs is 2. The molecular weight excluding hydrogens is 1300 g/mol. The number of hydrogen-bond acceptors (Lipinski definition) is 12. The van der Waals surface area contributed by atoms with Crippen molar-refractivity contribution in [3.8, 4) is 0 Å². The highest BCUT2D eigenvalue weighted by molar-refractivity contribution is 6.20. The lowest BCUT2D eigenvalue weighted by molar-refractivity contribution is -0.182. The zero-order valence-electron chi connectivity index (χ0n) is 61.2. The lowest BCUT2D eigenvalue weighted by Gasteiger charge is -2.45. The molecule has 11 amide bonds.